The van der Waals surface area contributed by atoms with Gasteiger partial charge in [-0.05, 0) is 5.92 Å². The van der Waals surface area contributed by atoms with E-state index in [2.05, 4.69) is 5.92 Å². The lowest BCUT2D eigenvalue weighted by Gasteiger charge is -1.81. The number of ether oxygens (including phenoxy) is 1. The van der Waals surface area contributed by atoms with Crippen molar-refractivity contribution in [2.24, 2.45) is 0 Å². The van der Waals surface area contributed by atoms with Gasteiger partial charge in [-0.15, -0.1) is 6.42 Å². The SMILES string of the molecule is C#CC[N+]1=COCC1. The second kappa shape index (κ2) is 2.37. The van der Waals surface area contributed by atoms with Crippen LogP contribution in [0, 0.1) is 12.3 Å². The molecule has 0 atom stereocenters. The normalized spacial score (nSPS) is 16.6. The van der Waals surface area contributed by atoms with Gasteiger partial charge in [-0.25, -0.2) is 0 Å². The minimum atomic E-state index is 0.667. The summed E-state index contributed by atoms with van der Waals surface area (Å²) < 4.78 is 6.87. The van der Waals surface area contributed by atoms with Gasteiger partial charge in [0.1, 0.15) is 0 Å². The molecule has 2 nitrogen and oxygen atoms in total. The van der Waals surface area contributed by atoms with Gasteiger partial charge in [0.2, 0.25) is 6.54 Å². The van der Waals surface area contributed by atoms with Gasteiger partial charge in [0.25, 0.3) is 0 Å². The van der Waals surface area contributed by atoms with Crippen LogP contribution in [0.4, 0.5) is 0 Å². The van der Waals surface area contributed by atoms with E-state index in [0.717, 1.165) is 13.2 Å². The molecule has 1 aliphatic rings. The fourth-order valence-electron chi connectivity index (χ4n) is 0.614. The Bertz CT molecular complexity index is 143. The highest BCUT2D eigenvalue weighted by atomic mass is 16.5. The Morgan fingerprint density at radius 1 is 1.88 bits per heavy atom. The third kappa shape index (κ3) is 1.00. The Morgan fingerprint density at radius 3 is 3.25 bits per heavy atom. The highest BCUT2D eigenvalue weighted by Crippen LogP contribution is 1.83. The van der Waals surface area contributed by atoms with E-state index in [1.807, 2.05) is 4.58 Å². The molecule has 0 saturated heterocycles. The van der Waals surface area contributed by atoms with Gasteiger partial charge in [-0.2, -0.15) is 4.58 Å². The fourth-order valence-corrected chi connectivity index (χ4v) is 0.614. The van der Waals surface area contributed by atoms with Crippen LogP contribution in [0.1, 0.15) is 0 Å². The smallest absolute Gasteiger partial charge is 0.324 e. The van der Waals surface area contributed by atoms with Crippen molar-refractivity contribution in [1.29, 1.82) is 0 Å². The van der Waals surface area contributed by atoms with Crippen molar-refractivity contribution in [2.75, 3.05) is 19.7 Å². The molecular weight excluding hydrogens is 102 g/mol. The molecule has 0 N–H and O–H groups in total. The lowest BCUT2D eigenvalue weighted by Crippen LogP contribution is -2.09. The van der Waals surface area contributed by atoms with Crippen molar-refractivity contribution in [3.05, 3.63) is 0 Å². The van der Waals surface area contributed by atoms with Gasteiger partial charge >= 0.3 is 6.40 Å². The van der Waals surface area contributed by atoms with Gasteiger partial charge in [0, 0.05) is 0 Å². The molecule has 0 aromatic carbocycles. The van der Waals surface area contributed by atoms with Crippen molar-refractivity contribution >= 4 is 6.40 Å². The molecule has 0 aromatic rings. The predicted molar refractivity (Wildman–Crippen MR) is 30.8 cm³/mol. The summed E-state index contributed by atoms with van der Waals surface area (Å²) in [5, 5.41) is 0. The molecule has 0 radical (unpaired) electrons. The van der Waals surface area contributed by atoms with Gasteiger partial charge in [-0.3, -0.25) is 0 Å². The Labute approximate surface area is 48.8 Å². The van der Waals surface area contributed by atoms with Crippen LogP contribution in [0.15, 0.2) is 0 Å². The van der Waals surface area contributed by atoms with E-state index in [4.69, 9.17) is 11.2 Å². The first-order valence-corrected chi connectivity index (χ1v) is 2.56. The minimum Gasteiger partial charge on any atom is -0.444 e. The van der Waals surface area contributed by atoms with Crippen molar-refractivity contribution in [2.45, 2.75) is 0 Å². The zero-order valence-corrected chi connectivity index (χ0v) is 4.63. The Hall–Kier alpha value is -0.970. The molecule has 0 bridgehead atoms. The molecule has 1 rings (SSSR count). The molecule has 0 fully saturated rings. The van der Waals surface area contributed by atoms with Gasteiger partial charge < -0.3 is 4.74 Å². The second-order valence-electron chi connectivity index (χ2n) is 1.65. The van der Waals surface area contributed by atoms with Crippen LogP contribution >= 0.6 is 0 Å². The van der Waals surface area contributed by atoms with E-state index in [1.165, 1.54) is 0 Å². The zero-order chi connectivity index (χ0) is 5.82. The van der Waals surface area contributed by atoms with Crippen LogP contribution in [0.25, 0.3) is 0 Å². The number of terminal acetylenes is 1. The highest BCUT2D eigenvalue weighted by Gasteiger charge is 2.07. The second-order valence-corrected chi connectivity index (χ2v) is 1.65. The van der Waals surface area contributed by atoms with E-state index < -0.39 is 0 Å². The first-order valence-electron chi connectivity index (χ1n) is 2.56. The largest absolute Gasteiger partial charge is 0.444 e. The summed E-state index contributed by atoms with van der Waals surface area (Å²) >= 11 is 0. The third-order valence-electron chi connectivity index (χ3n) is 1.01. The van der Waals surface area contributed by atoms with Crippen LogP contribution in [0.5, 0.6) is 0 Å². The summed E-state index contributed by atoms with van der Waals surface area (Å²) in [6, 6.07) is 0. The van der Waals surface area contributed by atoms with Gasteiger partial charge in [0.05, 0.1) is 0 Å². The summed E-state index contributed by atoms with van der Waals surface area (Å²) in [6.45, 7) is 2.38. The Kier molecular flexibility index (Phi) is 1.53. The molecule has 1 aliphatic heterocycles. The minimum absolute atomic E-state index is 0.667. The van der Waals surface area contributed by atoms with E-state index >= 15 is 0 Å². The summed E-state index contributed by atoms with van der Waals surface area (Å²) in [5.41, 5.74) is 0. The maximum Gasteiger partial charge on any atom is 0.324 e. The van der Waals surface area contributed by atoms with Crippen molar-refractivity contribution in [3.63, 3.8) is 0 Å². The molecule has 0 aromatic heterocycles. The average molecular weight is 110 g/mol. The number of hydrogen-bond donors (Lipinski definition) is 0. The third-order valence-corrected chi connectivity index (χ3v) is 1.01. The molecule has 8 heavy (non-hydrogen) atoms. The summed E-state index contributed by atoms with van der Waals surface area (Å²) in [7, 11) is 0. The number of hydrogen-bond acceptors (Lipinski definition) is 1. The van der Waals surface area contributed by atoms with E-state index in [-0.39, 0.29) is 0 Å². The number of rotatable bonds is 1. The Morgan fingerprint density at radius 2 is 2.75 bits per heavy atom. The molecule has 0 spiro atoms. The molecule has 42 valence electrons. The molecular formula is C6H8NO+. The fraction of sp³-hybridized carbons (Fsp3) is 0.500. The molecule has 0 unspecified atom stereocenters. The van der Waals surface area contributed by atoms with Gasteiger partial charge in [0.15, 0.2) is 13.2 Å². The van der Waals surface area contributed by atoms with Gasteiger partial charge in [-0.1, -0.05) is 0 Å². The highest BCUT2D eigenvalue weighted by molar-refractivity contribution is 5.40. The van der Waals surface area contributed by atoms with E-state index in [0.29, 0.717) is 6.54 Å². The number of nitrogens with zero attached hydrogens (tertiary/aromatic N) is 1. The molecule has 0 aliphatic carbocycles. The van der Waals surface area contributed by atoms with Crippen molar-refractivity contribution in [1.82, 2.24) is 0 Å². The van der Waals surface area contributed by atoms with E-state index in [1.54, 1.807) is 6.40 Å². The van der Waals surface area contributed by atoms with Crippen molar-refractivity contribution < 1.29 is 9.31 Å². The first-order chi connectivity index (χ1) is 3.93. The lowest BCUT2D eigenvalue weighted by atomic mass is 10.6. The predicted octanol–water partition coefficient (Wildman–Crippen LogP) is -0.309. The van der Waals surface area contributed by atoms with Crippen LogP contribution < -0.4 is 0 Å². The summed E-state index contributed by atoms with van der Waals surface area (Å²) in [5.74, 6) is 2.52. The molecule has 0 amide bonds. The monoisotopic (exact) mass is 110 g/mol. The zero-order valence-electron chi connectivity index (χ0n) is 4.63. The van der Waals surface area contributed by atoms with Crippen LogP contribution in [0.2, 0.25) is 0 Å². The topological polar surface area (TPSA) is 12.2 Å². The first kappa shape index (κ1) is 5.17. The lowest BCUT2D eigenvalue weighted by molar-refractivity contribution is -0.501. The Balaban J connectivity index is 2.36. The summed E-state index contributed by atoms with van der Waals surface area (Å²) in [6.07, 6.45) is 6.72. The molecule has 2 heteroatoms. The maximum atomic E-state index is 5.04. The van der Waals surface area contributed by atoms with Crippen LogP contribution in [-0.4, -0.2) is 30.7 Å². The average Bonchev–Trinajstić information content (AvgIpc) is 2.19. The molecule has 1 heterocycles. The quantitative estimate of drug-likeness (QED) is 0.333. The van der Waals surface area contributed by atoms with Crippen LogP contribution in [0.3, 0.4) is 0 Å². The maximum absolute atomic E-state index is 5.04. The van der Waals surface area contributed by atoms with Crippen molar-refractivity contribution in [3.8, 4) is 12.3 Å². The van der Waals surface area contributed by atoms with Crippen LogP contribution in [-0.2, 0) is 4.74 Å². The van der Waals surface area contributed by atoms with E-state index in [9.17, 15) is 0 Å². The molecule has 0 saturated carbocycles. The summed E-state index contributed by atoms with van der Waals surface area (Å²) in [4.78, 5) is 0. The standard InChI is InChI=1S/C6H8NO/c1-2-3-7-4-5-8-6-7/h1,6H,3-5H2/q+1.